The summed E-state index contributed by atoms with van der Waals surface area (Å²) < 4.78 is 1.54. The Kier molecular flexibility index (Phi) is 4.73. The lowest BCUT2D eigenvalue weighted by molar-refractivity contribution is 0.175. The molecule has 0 unspecified atom stereocenters. The van der Waals surface area contributed by atoms with Crippen molar-refractivity contribution in [1.82, 2.24) is 9.38 Å². The van der Waals surface area contributed by atoms with Crippen LogP contribution in [0.5, 0.6) is 0 Å². The van der Waals surface area contributed by atoms with Crippen LogP contribution in [0.2, 0.25) is 0 Å². The van der Waals surface area contributed by atoms with Crippen LogP contribution in [0.25, 0.3) is 4.96 Å². The summed E-state index contributed by atoms with van der Waals surface area (Å²) in [4.78, 5) is 19.4. The third-order valence-corrected chi connectivity index (χ3v) is 4.49. The number of thiazole rings is 1. The Balaban J connectivity index is 1.91. The lowest BCUT2D eigenvalue weighted by Gasteiger charge is -2.26. The van der Waals surface area contributed by atoms with Crippen LogP contribution >= 0.6 is 11.3 Å². The molecular weight excluding hydrogens is 310 g/mol. The van der Waals surface area contributed by atoms with Crippen molar-refractivity contribution in [2.75, 3.05) is 11.4 Å². The first kappa shape index (κ1) is 15.7. The van der Waals surface area contributed by atoms with Crippen molar-refractivity contribution < 1.29 is 5.11 Å². The molecule has 1 atom stereocenters. The van der Waals surface area contributed by atoms with E-state index in [1.807, 2.05) is 42.6 Å². The molecule has 0 spiro atoms. The van der Waals surface area contributed by atoms with Gasteiger partial charge in [0.15, 0.2) is 4.96 Å². The van der Waals surface area contributed by atoms with Crippen molar-refractivity contribution in [2.24, 2.45) is 0 Å². The SMILES string of the molecule is CC[C@H](O)CN(Cc1cc(=O)n2ccsc2n1)c1ccccc1. The molecule has 3 aromatic rings. The molecule has 0 amide bonds. The van der Waals surface area contributed by atoms with Gasteiger partial charge in [-0.25, -0.2) is 4.98 Å². The van der Waals surface area contributed by atoms with Gasteiger partial charge in [0, 0.05) is 29.9 Å². The predicted octanol–water partition coefficient (Wildman–Crippen LogP) is 2.53. The molecular formula is C17H19N3O2S. The maximum atomic E-state index is 12.1. The third-order valence-electron chi connectivity index (χ3n) is 3.73. The second-order valence-electron chi connectivity index (χ2n) is 5.42. The molecule has 6 heteroatoms. The van der Waals surface area contributed by atoms with Gasteiger partial charge < -0.3 is 10.0 Å². The zero-order valence-corrected chi connectivity index (χ0v) is 13.7. The van der Waals surface area contributed by atoms with E-state index in [1.54, 1.807) is 16.7 Å². The maximum Gasteiger partial charge on any atom is 0.258 e. The van der Waals surface area contributed by atoms with E-state index in [2.05, 4.69) is 9.88 Å². The average molecular weight is 329 g/mol. The number of hydrogen-bond acceptors (Lipinski definition) is 5. The summed E-state index contributed by atoms with van der Waals surface area (Å²) in [5.41, 5.74) is 1.65. The molecule has 1 aromatic carbocycles. The zero-order chi connectivity index (χ0) is 16.2. The van der Waals surface area contributed by atoms with E-state index in [-0.39, 0.29) is 5.56 Å². The van der Waals surface area contributed by atoms with Crippen molar-refractivity contribution in [3.8, 4) is 0 Å². The van der Waals surface area contributed by atoms with E-state index in [4.69, 9.17) is 0 Å². The van der Waals surface area contributed by atoms with E-state index < -0.39 is 6.10 Å². The molecule has 0 aliphatic heterocycles. The highest BCUT2D eigenvalue weighted by atomic mass is 32.1. The van der Waals surface area contributed by atoms with Gasteiger partial charge in [-0.3, -0.25) is 9.20 Å². The van der Waals surface area contributed by atoms with E-state index in [1.165, 1.54) is 11.3 Å². The lowest BCUT2D eigenvalue weighted by atomic mass is 10.2. The van der Waals surface area contributed by atoms with Crippen molar-refractivity contribution >= 4 is 22.0 Å². The standard InChI is InChI=1S/C17H19N3O2S/c1-2-15(21)12-19(14-6-4-3-5-7-14)11-13-10-16(22)20-8-9-23-17(20)18-13/h3-10,15,21H,2,11-12H2,1H3/t15-/m0/s1. The van der Waals surface area contributed by atoms with E-state index in [0.29, 0.717) is 30.2 Å². The minimum absolute atomic E-state index is 0.0738. The normalized spacial score (nSPS) is 12.4. The summed E-state index contributed by atoms with van der Waals surface area (Å²) in [6.45, 7) is 2.95. The maximum absolute atomic E-state index is 12.1. The Morgan fingerprint density at radius 3 is 2.87 bits per heavy atom. The summed E-state index contributed by atoms with van der Waals surface area (Å²) in [6.07, 6.45) is 2.00. The monoisotopic (exact) mass is 329 g/mol. The Bertz CT molecular complexity index is 828. The molecule has 0 saturated heterocycles. The number of aliphatic hydroxyl groups is 1. The van der Waals surface area contributed by atoms with Gasteiger partial charge in [-0.2, -0.15) is 0 Å². The van der Waals surface area contributed by atoms with Crippen molar-refractivity contribution in [1.29, 1.82) is 0 Å². The molecule has 2 aromatic heterocycles. The smallest absolute Gasteiger partial charge is 0.258 e. The first-order chi connectivity index (χ1) is 11.2. The van der Waals surface area contributed by atoms with E-state index in [0.717, 1.165) is 5.69 Å². The minimum Gasteiger partial charge on any atom is -0.391 e. The molecule has 5 nitrogen and oxygen atoms in total. The Hall–Kier alpha value is -2.18. The van der Waals surface area contributed by atoms with Gasteiger partial charge in [-0.05, 0) is 18.6 Å². The lowest BCUT2D eigenvalue weighted by Crippen LogP contribution is -2.32. The van der Waals surface area contributed by atoms with Gasteiger partial charge in [-0.1, -0.05) is 25.1 Å². The Morgan fingerprint density at radius 2 is 2.13 bits per heavy atom. The molecule has 0 saturated carbocycles. The summed E-state index contributed by atoms with van der Waals surface area (Å²) in [7, 11) is 0. The average Bonchev–Trinajstić information content (AvgIpc) is 3.04. The number of para-hydroxylation sites is 1. The van der Waals surface area contributed by atoms with E-state index in [9.17, 15) is 9.90 Å². The number of rotatable bonds is 6. The number of aromatic nitrogens is 2. The van der Waals surface area contributed by atoms with Crippen LogP contribution < -0.4 is 10.5 Å². The largest absolute Gasteiger partial charge is 0.391 e. The fourth-order valence-corrected chi connectivity index (χ4v) is 3.19. The van der Waals surface area contributed by atoms with Gasteiger partial charge in [0.2, 0.25) is 0 Å². The summed E-state index contributed by atoms with van der Waals surface area (Å²) in [5, 5.41) is 11.9. The Labute approximate surface area is 138 Å². The van der Waals surface area contributed by atoms with Crippen molar-refractivity contribution in [2.45, 2.75) is 26.0 Å². The van der Waals surface area contributed by atoms with Crippen LogP contribution in [0.3, 0.4) is 0 Å². The fraction of sp³-hybridized carbons (Fsp3) is 0.294. The topological polar surface area (TPSA) is 57.8 Å². The van der Waals surface area contributed by atoms with Crippen LogP contribution in [0.4, 0.5) is 5.69 Å². The van der Waals surface area contributed by atoms with Crippen LogP contribution in [0.15, 0.2) is 52.8 Å². The quantitative estimate of drug-likeness (QED) is 0.755. The summed E-state index contributed by atoms with van der Waals surface area (Å²) >= 11 is 1.44. The van der Waals surface area contributed by atoms with Gasteiger partial charge in [-0.15, -0.1) is 11.3 Å². The van der Waals surface area contributed by atoms with Gasteiger partial charge in [0.1, 0.15) is 0 Å². The molecule has 3 rings (SSSR count). The van der Waals surface area contributed by atoms with Crippen LogP contribution in [0, 0.1) is 0 Å². The van der Waals surface area contributed by atoms with Gasteiger partial charge in [0.25, 0.3) is 5.56 Å². The molecule has 2 heterocycles. The van der Waals surface area contributed by atoms with Gasteiger partial charge in [0.05, 0.1) is 18.3 Å². The molecule has 23 heavy (non-hydrogen) atoms. The number of fused-ring (bicyclic) bond motifs is 1. The number of nitrogens with zero attached hydrogens (tertiary/aromatic N) is 3. The van der Waals surface area contributed by atoms with Crippen molar-refractivity contribution in [3.63, 3.8) is 0 Å². The number of hydrogen-bond donors (Lipinski definition) is 1. The molecule has 0 aliphatic rings. The minimum atomic E-state index is -0.415. The van der Waals surface area contributed by atoms with Gasteiger partial charge >= 0.3 is 0 Å². The highest BCUT2D eigenvalue weighted by Gasteiger charge is 2.14. The van der Waals surface area contributed by atoms with Crippen LogP contribution in [-0.2, 0) is 6.54 Å². The predicted molar refractivity (Wildman–Crippen MR) is 93.1 cm³/mol. The van der Waals surface area contributed by atoms with E-state index >= 15 is 0 Å². The summed E-state index contributed by atoms with van der Waals surface area (Å²) in [5.74, 6) is 0. The molecule has 120 valence electrons. The Morgan fingerprint density at radius 1 is 1.35 bits per heavy atom. The van der Waals surface area contributed by atoms with Crippen LogP contribution in [0.1, 0.15) is 19.0 Å². The highest BCUT2D eigenvalue weighted by Crippen LogP contribution is 2.17. The molecule has 0 fully saturated rings. The number of anilines is 1. The second kappa shape index (κ2) is 6.93. The van der Waals surface area contributed by atoms with Crippen LogP contribution in [-0.4, -0.2) is 27.1 Å². The molecule has 0 radical (unpaired) electrons. The molecule has 0 bridgehead atoms. The first-order valence-electron chi connectivity index (χ1n) is 7.61. The first-order valence-corrected chi connectivity index (χ1v) is 8.49. The zero-order valence-electron chi connectivity index (χ0n) is 12.9. The number of aliphatic hydroxyl groups excluding tert-OH is 1. The molecule has 1 N–H and O–H groups in total. The molecule has 0 aliphatic carbocycles. The number of benzene rings is 1. The fourth-order valence-electron chi connectivity index (χ4n) is 2.45. The second-order valence-corrected chi connectivity index (χ2v) is 6.29. The highest BCUT2D eigenvalue weighted by molar-refractivity contribution is 7.15. The van der Waals surface area contributed by atoms with Crippen molar-refractivity contribution in [3.05, 3.63) is 64.0 Å². The third kappa shape index (κ3) is 3.60. The summed E-state index contributed by atoms with van der Waals surface area (Å²) in [6, 6.07) is 11.4.